The van der Waals surface area contributed by atoms with Crippen LogP contribution < -0.4 is 10.2 Å². The van der Waals surface area contributed by atoms with Crippen molar-refractivity contribution in [3.8, 4) is 5.82 Å². The molecule has 6 rings (SSSR count). The molecule has 1 amide bonds. The molecular formula is C23H24FN10OP. The number of halogens is 1. The van der Waals surface area contributed by atoms with Crippen molar-refractivity contribution in [2.24, 2.45) is 0 Å². The molecule has 13 heteroatoms. The summed E-state index contributed by atoms with van der Waals surface area (Å²) in [5.74, 6) is 2.14. The Kier molecular flexibility index (Phi) is 5.60. The summed E-state index contributed by atoms with van der Waals surface area (Å²) in [5.41, 5.74) is 2.36. The maximum absolute atomic E-state index is 13.4. The number of aryl methyl sites for hydroxylation is 2. The first-order valence-electron chi connectivity index (χ1n) is 11.6. The third-order valence-corrected chi connectivity index (χ3v) is 8.80. The number of aromatic amines is 1. The van der Waals surface area contributed by atoms with Crippen molar-refractivity contribution in [2.75, 3.05) is 29.2 Å². The zero-order chi connectivity index (χ0) is 24.8. The van der Waals surface area contributed by atoms with E-state index in [1.54, 1.807) is 12.1 Å². The van der Waals surface area contributed by atoms with Crippen molar-refractivity contribution in [2.45, 2.75) is 26.3 Å². The van der Waals surface area contributed by atoms with E-state index in [4.69, 9.17) is 4.98 Å². The van der Waals surface area contributed by atoms with Crippen LogP contribution in [0.5, 0.6) is 0 Å². The molecule has 36 heavy (non-hydrogen) atoms. The van der Waals surface area contributed by atoms with Gasteiger partial charge in [-0.15, -0.1) is 10.2 Å². The van der Waals surface area contributed by atoms with Gasteiger partial charge in [0, 0.05) is 26.4 Å². The van der Waals surface area contributed by atoms with E-state index in [9.17, 15) is 9.18 Å². The highest BCUT2D eigenvalue weighted by atomic mass is 31.1. The van der Waals surface area contributed by atoms with Crippen molar-refractivity contribution in [3.05, 3.63) is 65.5 Å². The molecule has 184 valence electrons. The van der Waals surface area contributed by atoms with E-state index in [1.165, 1.54) is 10.9 Å². The van der Waals surface area contributed by atoms with E-state index >= 15 is 0 Å². The number of rotatable bonds is 5. The predicted molar refractivity (Wildman–Crippen MR) is 133 cm³/mol. The fourth-order valence-corrected chi connectivity index (χ4v) is 7.38. The monoisotopic (exact) mass is 506 g/mol. The summed E-state index contributed by atoms with van der Waals surface area (Å²) in [6.07, 6.45) is 5.01. The molecule has 2 unspecified atom stereocenters. The lowest BCUT2D eigenvalue weighted by atomic mass is 10.2. The number of H-pyrrole nitrogens is 1. The lowest BCUT2D eigenvalue weighted by Crippen LogP contribution is -2.47. The molecule has 2 N–H and O–H groups in total. The normalized spacial score (nSPS) is 19.1. The Bertz CT molecular complexity index is 1410. The number of nitrogens with zero attached hydrogens (tertiary/aromatic N) is 8. The number of fused-ring (bicyclic) bond motifs is 2. The number of hydrogen-bond donors (Lipinski definition) is 2. The predicted octanol–water partition coefficient (Wildman–Crippen LogP) is 3.37. The van der Waals surface area contributed by atoms with E-state index in [0.29, 0.717) is 12.4 Å². The van der Waals surface area contributed by atoms with Gasteiger partial charge in [0.2, 0.25) is 0 Å². The van der Waals surface area contributed by atoms with E-state index in [1.807, 2.05) is 30.7 Å². The van der Waals surface area contributed by atoms with Gasteiger partial charge < -0.3 is 14.9 Å². The molecule has 2 saturated heterocycles. The van der Waals surface area contributed by atoms with Gasteiger partial charge in [0.15, 0.2) is 23.1 Å². The maximum Gasteiger partial charge on any atom is 0.277 e. The van der Waals surface area contributed by atoms with Gasteiger partial charge in [-0.1, -0.05) is 0 Å². The first-order valence-corrected chi connectivity index (χ1v) is 13.2. The Labute approximate surface area is 207 Å². The average molecular weight is 506 g/mol. The molecule has 4 aromatic rings. The minimum atomic E-state index is -0.700. The number of hydrogen-bond acceptors (Lipinski definition) is 8. The minimum absolute atomic E-state index is 0.0896. The molecule has 4 aromatic heterocycles. The van der Waals surface area contributed by atoms with Gasteiger partial charge in [0.1, 0.15) is 11.6 Å². The number of carbonyl (C=O) groups excluding carboxylic acids is 1. The lowest BCUT2D eigenvalue weighted by molar-refractivity contribution is 0.0826. The fraction of sp³-hybridized carbons (Fsp3) is 0.304. The summed E-state index contributed by atoms with van der Waals surface area (Å²) in [4.78, 5) is 20.5. The number of nitrogens with one attached hydrogen (secondary N) is 2. The number of anilines is 3. The molecule has 2 bridgehead atoms. The van der Waals surface area contributed by atoms with Crippen molar-refractivity contribution < 1.29 is 9.18 Å². The Morgan fingerprint density at radius 2 is 2.06 bits per heavy atom. The second-order valence-electron chi connectivity index (χ2n) is 9.02. The number of amides is 1. The van der Waals surface area contributed by atoms with Gasteiger partial charge in [-0.25, -0.2) is 14.1 Å². The molecule has 0 spiro atoms. The summed E-state index contributed by atoms with van der Waals surface area (Å²) in [6.45, 7) is 4.71. The van der Waals surface area contributed by atoms with Crippen LogP contribution in [-0.4, -0.2) is 70.8 Å². The first-order chi connectivity index (χ1) is 17.4. The number of aromatic nitrogens is 7. The Hall–Kier alpha value is -3.92. The zero-order valence-corrected chi connectivity index (χ0v) is 20.7. The Morgan fingerprint density at radius 1 is 1.17 bits per heavy atom. The van der Waals surface area contributed by atoms with E-state index in [-0.39, 0.29) is 17.6 Å². The van der Waals surface area contributed by atoms with Crippen LogP contribution in [0.2, 0.25) is 0 Å². The number of pyridine rings is 1. The molecule has 2 fully saturated rings. The highest BCUT2D eigenvalue weighted by Crippen LogP contribution is 2.54. The van der Waals surface area contributed by atoms with E-state index in [0.717, 1.165) is 53.8 Å². The zero-order valence-electron chi connectivity index (χ0n) is 19.8. The van der Waals surface area contributed by atoms with Crippen molar-refractivity contribution >= 4 is 31.4 Å². The lowest BCUT2D eigenvalue weighted by Gasteiger charge is -2.41. The molecule has 6 heterocycles. The Balaban J connectivity index is 1.18. The first kappa shape index (κ1) is 22.5. The molecule has 2 aliphatic rings. The minimum Gasteiger partial charge on any atom is -0.349 e. The second-order valence-corrected chi connectivity index (χ2v) is 11.2. The van der Waals surface area contributed by atoms with Crippen molar-refractivity contribution in [1.29, 1.82) is 0 Å². The topological polar surface area (TPSA) is 121 Å². The highest BCUT2D eigenvalue weighted by Gasteiger charge is 2.43. The van der Waals surface area contributed by atoms with Gasteiger partial charge in [0.25, 0.3) is 5.91 Å². The molecule has 2 aliphatic heterocycles. The van der Waals surface area contributed by atoms with Crippen LogP contribution in [-0.2, 0) is 0 Å². The molecule has 11 nitrogen and oxygen atoms in total. The molecule has 0 aromatic carbocycles. The third-order valence-electron chi connectivity index (χ3n) is 6.24. The summed E-state index contributed by atoms with van der Waals surface area (Å²) in [5, 5.41) is 22.5. The van der Waals surface area contributed by atoms with Crippen molar-refractivity contribution in [3.63, 3.8) is 0 Å². The van der Waals surface area contributed by atoms with E-state index < -0.39 is 13.9 Å². The van der Waals surface area contributed by atoms with E-state index in [2.05, 4.69) is 41.8 Å². The second kappa shape index (κ2) is 8.94. The highest BCUT2D eigenvalue weighted by molar-refractivity contribution is 7.56. The molecule has 0 radical (unpaired) electrons. The summed E-state index contributed by atoms with van der Waals surface area (Å²) >= 11 is 0. The van der Waals surface area contributed by atoms with Gasteiger partial charge >= 0.3 is 0 Å². The van der Waals surface area contributed by atoms with Gasteiger partial charge in [-0.3, -0.25) is 9.89 Å². The van der Waals surface area contributed by atoms with Gasteiger partial charge in [-0.2, -0.15) is 10.2 Å². The molecule has 2 atom stereocenters. The Morgan fingerprint density at radius 3 is 2.75 bits per heavy atom. The van der Waals surface area contributed by atoms with Crippen LogP contribution in [0.25, 0.3) is 5.82 Å². The summed E-state index contributed by atoms with van der Waals surface area (Å²) < 4.78 is 16.5. The molecule has 0 saturated carbocycles. The summed E-state index contributed by atoms with van der Waals surface area (Å²) in [6, 6.07) is 9.35. The number of carbonyl (C=O) groups is 1. The summed E-state index contributed by atoms with van der Waals surface area (Å²) in [7, 11) is -0.700. The van der Waals surface area contributed by atoms with Crippen LogP contribution >= 0.6 is 8.07 Å². The van der Waals surface area contributed by atoms with Crippen LogP contribution in [0.15, 0.2) is 42.7 Å². The largest absolute Gasteiger partial charge is 0.349 e. The smallest absolute Gasteiger partial charge is 0.277 e. The SMILES string of the molecule is Cc1cc(Nc2cc(C)[nH]n2)nc(N2CC3CCP(C2)N3C(=O)c2ccc(-n3cc(F)cn3)nn2)c1. The van der Waals surface area contributed by atoms with Crippen molar-refractivity contribution in [1.82, 2.24) is 39.8 Å². The quantitative estimate of drug-likeness (QED) is 0.396. The van der Waals surface area contributed by atoms with Crippen LogP contribution in [0, 0.1) is 19.7 Å². The standard InChI is InChI=1S/C23H24FN10OP/c1-14-7-19(26-20-9-15(2)28-30-20)27-22(8-14)32-12-17-5-6-36(13-32)34(17)23(35)18-3-4-21(31-29-18)33-11-16(24)10-25-33/h3-4,7-11,17H,5-6,12-13H2,1-2H3,(H2,26,27,28,30). The average Bonchev–Trinajstić information content (AvgIpc) is 3.55. The van der Waals surface area contributed by atoms with Crippen LogP contribution in [0.4, 0.5) is 21.8 Å². The maximum atomic E-state index is 13.4. The van der Waals surface area contributed by atoms with Gasteiger partial charge in [0.05, 0.1) is 24.7 Å². The molecule has 0 aliphatic carbocycles. The fourth-order valence-electron chi connectivity index (χ4n) is 4.63. The molecular weight excluding hydrogens is 482 g/mol. The van der Waals surface area contributed by atoms with Gasteiger partial charge in [-0.05, 0) is 56.3 Å². The van der Waals surface area contributed by atoms with Crippen LogP contribution in [0.1, 0.15) is 28.2 Å². The van der Waals surface area contributed by atoms with Crippen LogP contribution in [0.3, 0.4) is 0 Å². The third kappa shape index (κ3) is 4.28.